The summed E-state index contributed by atoms with van der Waals surface area (Å²) in [5.74, 6) is -0.134. The Bertz CT molecular complexity index is 975. The van der Waals surface area contributed by atoms with Gasteiger partial charge in [-0.05, 0) is 31.4 Å². The molecule has 3 heterocycles. The zero-order chi connectivity index (χ0) is 22.9. The number of carbonyl (C=O) groups excluding carboxylic acids is 3. The molecule has 9 nitrogen and oxygen atoms in total. The highest BCUT2D eigenvalue weighted by Crippen LogP contribution is 2.23. The molecule has 2 aromatic rings. The molecule has 1 aliphatic heterocycles. The molecule has 9 heteroatoms. The Morgan fingerprint density at radius 3 is 2.72 bits per heavy atom. The fourth-order valence-electron chi connectivity index (χ4n) is 3.54. The maximum absolute atomic E-state index is 13.0. The van der Waals surface area contributed by atoms with Crippen LogP contribution in [0, 0.1) is 0 Å². The number of hydrogen-bond acceptors (Lipinski definition) is 7. The van der Waals surface area contributed by atoms with Crippen LogP contribution in [0.1, 0.15) is 32.6 Å². The van der Waals surface area contributed by atoms with Gasteiger partial charge in [0.15, 0.2) is 0 Å². The molecular weight excluding hydrogens is 408 g/mol. The molecule has 1 aliphatic rings. The van der Waals surface area contributed by atoms with Crippen molar-refractivity contribution < 1.29 is 14.4 Å². The minimum Gasteiger partial charge on any atom is -0.357 e. The highest BCUT2D eigenvalue weighted by Gasteiger charge is 2.29. The molecule has 168 valence electrons. The van der Waals surface area contributed by atoms with E-state index in [-0.39, 0.29) is 18.4 Å². The van der Waals surface area contributed by atoms with E-state index >= 15 is 0 Å². The quantitative estimate of drug-likeness (QED) is 0.601. The van der Waals surface area contributed by atoms with Crippen LogP contribution in [0.4, 0.5) is 5.82 Å². The Labute approximate surface area is 187 Å². The number of aromatic nitrogens is 3. The van der Waals surface area contributed by atoms with E-state index in [0.717, 1.165) is 24.7 Å². The van der Waals surface area contributed by atoms with Gasteiger partial charge in [0.25, 0.3) is 5.91 Å². The van der Waals surface area contributed by atoms with Crippen molar-refractivity contribution in [3.05, 3.63) is 48.2 Å². The maximum Gasteiger partial charge on any atom is 0.270 e. The lowest BCUT2D eigenvalue weighted by atomic mass is 10.0. The van der Waals surface area contributed by atoms with Crippen LogP contribution in [0.2, 0.25) is 0 Å². The molecule has 32 heavy (non-hydrogen) atoms. The molecule has 1 N–H and O–H groups in total. The minimum absolute atomic E-state index is 0.0341. The molecule has 0 saturated heterocycles. The third kappa shape index (κ3) is 5.75. The van der Waals surface area contributed by atoms with Crippen molar-refractivity contribution >= 4 is 23.9 Å². The number of hydrogen-bond donors (Lipinski definition) is 1. The second-order valence-electron chi connectivity index (χ2n) is 7.67. The summed E-state index contributed by atoms with van der Waals surface area (Å²) in [5.41, 5.74) is 2.25. The van der Waals surface area contributed by atoms with Crippen LogP contribution < -0.4 is 5.32 Å². The Balaban J connectivity index is 1.68. The number of aldehydes is 1. The number of nitrogens with one attached hydrogen (secondary N) is 1. The number of allylic oxidation sites excluding steroid dienone is 1. The van der Waals surface area contributed by atoms with Crippen molar-refractivity contribution in [3.8, 4) is 11.3 Å². The average Bonchev–Trinajstić information content (AvgIpc) is 2.82. The van der Waals surface area contributed by atoms with Crippen molar-refractivity contribution in [2.75, 3.05) is 32.0 Å². The molecule has 0 radical (unpaired) electrons. The van der Waals surface area contributed by atoms with Gasteiger partial charge in [-0.25, -0.2) is 4.98 Å². The van der Waals surface area contributed by atoms with Gasteiger partial charge in [0.1, 0.15) is 17.8 Å². The summed E-state index contributed by atoms with van der Waals surface area (Å²) in [5, 5.41) is 2.76. The van der Waals surface area contributed by atoms with E-state index in [1.807, 2.05) is 0 Å². The lowest BCUT2D eigenvalue weighted by molar-refractivity contribution is -0.128. The monoisotopic (exact) mass is 436 g/mol. The van der Waals surface area contributed by atoms with E-state index in [9.17, 15) is 14.4 Å². The van der Waals surface area contributed by atoms with E-state index in [2.05, 4.69) is 27.2 Å². The lowest BCUT2D eigenvalue weighted by Gasteiger charge is -2.33. The Kier molecular flexibility index (Phi) is 8.02. The largest absolute Gasteiger partial charge is 0.357 e. The van der Waals surface area contributed by atoms with Crippen LogP contribution in [0.3, 0.4) is 0 Å². The molecule has 0 spiro atoms. The smallest absolute Gasteiger partial charge is 0.270 e. The molecule has 0 bridgehead atoms. The average molecular weight is 437 g/mol. The van der Waals surface area contributed by atoms with Gasteiger partial charge in [-0.2, -0.15) is 0 Å². The Hall–Kier alpha value is -3.62. The second-order valence-corrected chi connectivity index (χ2v) is 7.67. The highest BCUT2D eigenvalue weighted by atomic mass is 16.2. The maximum atomic E-state index is 13.0. The molecule has 0 aromatic carbocycles. The van der Waals surface area contributed by atoms with Crippen LogP contribution in [0.15, 0.2) is 48.2 Å². The van der Waals surface area contributed by atoms with Crippen LogP contribution in [0.25, 0.3) is 11.3 Å². The molecule has 0 atom stereocenters. The van der Waals surface area contributed by atoms with E-state index < -0.39 is 0 Å². The number of amides is 2. The molecular formula is C23H28N6O3. The Morgan fingerprint density at radius 2 is 2.06 bits per heavy atom. The van der Waals surface area contributed by atoms with Crippen molar-refractivity contribution in [3.63, 3.8) is 0 Å². The van der Waals surface area contributed by atoms with Gasteiger partial charge < -0.3 is 15.1 Å². The number of unbranched alkanes of at least 4 members (excludes halogenated alkanes) is 1. The number of likely N-dealkylation sites (N-methyl/N-ethyl adjacent to an activating group) is 1. The van der Waals surface area contributed by atoms with Gasteiger partial charge in [0.05, 0.1) is 18.4 Å². The zero-order valence-electron chi connectivity index (χ0n) is 18.5. The summed E-state index contributed by atoms with van der Waals surface area (Å²) >= 11 is 0. The van der Waals surface area contributed by atoms with Crippen LogP contribution in [-0.2, 0) is 14.4 Å². The van der Waals surface area contributed by atoms with Crippen LogP contribution >= 0.6 is 0 Å². The fourth-order valence-corrected chi connectivity index (χ4v) is 3.54. The second kappa shape index (κ2) is 11.1. The summed E-state index contributed by atoms with van der Waals surface area (Å²) in [6.07, 6.45) is 10.3. The third-order valence-electron chi connectivity index (χ3n) is 5.26. The topological polar surface area (TPSA) is 108 Å². The third-order valence-corrected chi connectivity index (χ3v) is 5.26. The van der Waals surface area contributed by atoms with E-state index in [4.69, 9.17) is 0 Å². The summed E-state index contributed by atoms with van der Waals surface area (Å²) < 4.78 is 0. The summed E-state index contributed by atoms with van der Waals surface area (Å²) in [6.45, 7) is 3.16. The van der Waals surface area contributed by atoms with Crippen molar-refractivity contribution in [2.24, 2.45) is 0 Å². The first-order valence-electron chi connectivity index (χ1n) is 10.7. The van der Waals surface area contributed by atoms with Gasteiger partial charge >= 0.3 is 0 Å². The summed E-state index contributed by atoms with van der Waals surface area (Å²) in [4.78, 5) is 53.1. The van der Waals surface area contributed by atoms with Crippen molar-refractivity contribution in [1.29, 1.82) is 0 Å². The molecule has 0 saturated carbocycles. The van der Waals surface area contributed by atoms with Crippen LogP contribution in [0.5, 0.6) is 0 Å². The first kappa shape index (κ1) is 23.1. The number of rotatable bonds is 9. The summed E-state index contributed by atoms with van der Waals surface area (Å²) in [7, 11) is 1.73. The normalized spacial score (nSPS) is 13.6. The number of anilines is 1. The SMILES string of the molecule is CCCCN(C)C(=O)C1=C(C=O)CCCN1CC(=O)Nc1ccc(-c2cnccn2)cn1. The van der Waals surface area contributed by atoms with E-state index in [1.165, 1.54) is 0 Å². The van der Waals surface area contributed by atoms with Crippen molar-refractivity contribution in [1.82, 2.24) is 24.8 Å². The Morgan fingerprint density at radius 1 is 1.22 bits per heavy atom. The van der Waals surface area contributed by atoms with Crippen molar-refractivity contribution in [2.45, 2.75) is 32.6 Å². The fraction of sp³-hybridized carbons (Fsp3) is 0.391. The van der Waals surface area contributed by atoms with Crippen LogP contribution in [-0.4, -0.2) is 69.5 Å². The van der Waals surface area contributed by atoms with E-state index in [0.29, 0.717) is 48.7 Å². The molecule has 0 unspecified atom stereocenters. The first-order valence-corrected chi connectivity index (χ1v) is 10.7. The molecule has 0 fully saturated rings. The lowest BCUT2D eigenvalue weighted by Crippen LogP contribution is -2.43. The van der Waals surface area contributed by atoms with E-state index in [1.54, 1.807) is 53.8 Å². The molecule has 0 aliphatic carbocycles. The predicted octanol–water partition coefficient (Wildman–Crippen LogP) is 2.28. The molecule has 2 aromatic heterocycles. The molecule has 2 amide bonds. The van der Waals surface area contributed by atoms with Gasteiger partial charge in [-0.1, -0.05) is 13.3 Å². The van der Waals surface area contributed by atoms with Gasteiger partial charge in [0.2, 0.25) is 5.91 Å². The van der Waals surface area contributed by atoms with Gasteiger partial charge in [-0.15, -0.1) is 0 Å². The number of carbonyl (C=O) groups is 3. The highest BCUT2D eigenvalue weighted by molar-refractivity contribution is 6.00. The van der Waals surface area contributed by atoms with Gasteiger partial charge in [-0.3, -0.25) is 24.4 Å². The molecule has 3 rings (SSSR count). The summed E-state index contributed by atoms with van der Waals surface area (Å²) in [6, 6.07) is 3.49. The minimum atomic E-state index is -0.307. The number of nitrogens with zero attached hydrogens (tertiary/aromatic N) is 5. The first-order chi connectivity index (χ1) is 15.5. The predicted molar refractivity (Wildman–Crippen MR) is 120 cm³/mol. The zero-order valence-corrected chi connectivity index (χ0v) is 18.5. The van der Waals surface area contributed by atoms with Gasteiger partial charge in [0, 0.05) is 49.9 Å². The standard InChI is InChI=1S/C23H28N6O3/c1-3-4-11-28(2)23(32)22-18(16-30)6-5-12-29(22)15-21(31)27-20-8-7-17(13-26-20)19-14-24-9-10-25-19/h7-10,13-14,16H,3-6,11-12,15H2,1-2H3,(H,26,27,31). The number of pyridine rings is 1.